The summed E-state index contributed by atoms with van der Waals surface area (Å²) in [7, 11) is 2.85. The number of hydrogen-bond acceptors (Lipinski definition) is 2. The first-order valence-electron chi connectivity index (χ1n) is 4.35. The van der Waals surface area contributed by atoms with E-state index in [1.807, 2.05) is 0 Å². The summed E-state index contributed by atoms with van der Waals surface area (Å²) in [5.74, 6) is -4.02. The van der Waals surface area contributed by atoms with Gasteiger partial charge in [-0.05, 0) is 12.1 Å². The summed E-state index contributed by atoms with van der Waals surface area (Å²) in [5, 5.41) is 0. The van der Waals surface area contributed by atoms with Gasteiger partial charge in [-0.1, -0.05) is 0 Å². The van der Waals surface area contributed by atoms with Crippen LogP contribution in [0.25, 0.3) is 0 Å². The van der Waals surface area contributed by atoms with Crippen molar-refractivity contribution in [3.8, 4) is 0 Å². The predicted molar refractivity (Wildman–Crippen MR) is 52.9 cm³/mol. The van der Waals surface area contributed by atoms with Gasteiger partial charge in [0.15, 0.2) is 11.6 Å². The Bertz CT molecular complexity index is 458. The fourth-order valence-corrected chi connectivity index (χ4v) is 1.17. The van der Waals surface area contributed by atoms with Crippen molar-refractivity contribution in [1.82, 2.24) is 4.90 Å². The number of halogens is 2. The van der Waals surface area contributed by atoms with E-state index in [1.165, 1.54) is 14.1 Å². The molecule has 0 unspecified atom stereocenters. The molecular weight excluding hydrogens is 218 g/mol. The number of rotatable bonds is 2. The smallest absolute Gasteiger partial charge is 0.254 e. The van der Waals surface area contributed by atoms with Gasteiger partial charge in [0.2, 0.25) is 5.91 Å². The monoisotopic (exact) mass is 228 g/mol. The Morgan fingerprint density at radius 2 is 1.56 bits per heavy atom. The van der Waals surface area contributed by atoms with E-state index in [1.54, 1.807) is 0 Å². The second-order valence-electron chi connectivity index (χ2n) is 3.38. The number of amides is 2. The lowest BCUT2D eigenvalue weighted by molar-refractivity contribution is 0.0820. The molecule has 0 spiro atoms. The molecule has 16 heavy (non-hydrogen) atoms. The zero-order chi connectivity index (χ0) is 12.5. The summed E-state index contributed by atoms with van der Waals surface area (Å²) in [4.78, 5) is 23.7. The van der Waals surface area contributed by atoms with Crippen molar-refractivity contribution in [3.63, 3.8) is 0 Å². The highest BCUT2D eigenvalue weighted by atomic mass is 19.2. The van der Waals surface area contributed by atoms with Gasteiger partial charge < -0.3 is 10.6 Å². The standard InChI is InChI=1S/C10H10F2N2O2/c1-14(2)10(16)6-4-8(12)7(11)3-5(6)9(13)15/h3-4H,1-2H3,(H2,13,15). The Labute approximate surface area is 90.6 Å². The maximum absolute atomic E-state index is 12.9. The molecule has 0 aliphatic carbocycles. The van der Waals surface area contributed by atoms with Gasteiger partial charge in [-0.25, -0.2) is 8.78 Å². The normalized spacial score (nSPS) is 10.0. The minimum atomic E-state index is -1.22. The number of nitrogens with zero attached hydrogens (tertiary/aromatic N) is 1. The van der Waals surface area contributed by atoms with E-state index in [9.17, 15) is 18.4 Å². The summed E-state index contributed by atoms with van der Waals surface area (Å²) >= 11 is 0. The first-order valence-corrected chi connectivity index (χ1v) is 4.35. The molecule has 2 amide bonds. The lowest BCUT2D eigenvalue weighted by Crippen LogP contribution is -2.26. The number of carbonyl (C=O) groups excluding carboxylic acids is 2. The molecule has 0 saturated heterocycles. The van der Waals surface area contributed by atoms with Crippen LogP contribution in [0.4, 0.5) is 8.78 Å². The number of nitrogens with two attached hydrogens (primary N) is 1. The molecule has 1 aromatic rings. The fraction of sp³-hybridized carbons (Fsp3) is 0.200. The molecule has 0 aliphatic rings. The first-order chi connectivity index (χ1) is 7.34. The van der Waals surface area contributed by atoms with Crippen molar-refractivity contribution in [2.24, 2.45) is 5.73 Å². The summed E-state index contributed by atoms with van der Waals surface area (Å²) in [6.07, 6.45) is 0. The van der Waals surface area contributed by atoms with E-state index in [4.69, 9.17) is 5.73 Å². The van der Waals surface area contributed by atoms with Gasteiger partial charge in [0.1, 0.15) is 0 Å². The second-order valence-corrected chi connectivity index (χ2v) is 3.38. The molecule has 4 nitrogen and oxygen atoms in total. The molecular formula is C10H10F2N2O2. The average molecular weight is 228 g/mol. The fourth-order valence-electron chi connectivity index (χ4n) is 1.17. The molecule has 1 rings (SSSR count). The molecule has 2 N–H and O–H groups in total. The van der Waals surface area contributed by atoms with Crippen LogP contribution in [-0.4, -0.2) is 30.8 Å². The highest BCUT2D eigenvalue weighted by Gasteiger charge is 2.20. The highest BCUT2D eigenvalue weighted by Crippen LogP contribution is 2.16. The number of hydrogen-bond donors (Lipinski definition) is 1. The van der Waals surface area contributed by atoms with Crippen LogP contribution in [0.1, 0.15) is 20.7 Å². The molecule has 0 heterocycles. The van der Waals surface area contributed by atoms with E-state index in [0.29, 0.717) is 12.1 Å². The Morgan fingerprint density at radius 1 is 1.12 bits per heavy atom. The maximum Gasteiger partial charge on any atom is 0.254 e. The van der Waals surface area contributed by atoms with Crippen molar-refractivity contribution in [3.05, 3.63) is 34.9 Å². The van der Waals surface area contributed by atoms with Crippen LogP contribution < -0.4 is 5.73 Å². The third kappa shape index (κ3) is 2.16. The number of primary amides is 1. The predicted octanol–water partition coefficient (Wildman–Crippen LogP) is 0.766. The van der Waals surface area contributed by atoms with Crippen molar-refractivity contribution in [1.29, 1.82) is 0 Å². The van der Waals surface area contributed by atoms with Gasteiger partial charge in [-0.15, -0.1) is 0 Å². The third-order valence-electron chi connectivity index (χ3n) is 1.96. The van der Waals surface area contributed by atoms with Crippen molar-refractivity contribution in [2.45, 2.75) is 0 Å². The maximum atomic E-state index is 12.9. The van der Waals surface area contributed by atoms with Gasteiger partial charge in [0.25, 0.3) is 5.91 Å². The Balaban J connectivity index is 3.42. The molecule has 0 aromatic heterocycles. The molecule has 86 valence electrons. The van der Waals surface area contributed by atoms with Crippen LogP contribution in [0.15, 0.2) is 12.1 Å². The lowest BCUT2D eigenvalue weighted by atomic mass is 10.1. The second kappa shape index (κ2) is 4.26. The van der Waals surface area contributed by atoms with Gasteiger partial charge in [-0.2, -0.15) is 0 Å². The number of benzene rings is 1. The summed E-state index contributed by atoms with van der Waals surface area (Å²) in [5.41, 5.74) is 4.38. The van der Waals surface area contributed by atoms with Crippen LogP contribution in [0.2, 0.25) is 0 Å². The molecule has 0 aliphatic heterocycles. The molecule has 0 saturated carbocycles. The molecule has 0 atom stereocenters. The Morgan fingerprint density at radius 3 is 1.94 bits per heavy atom. The topological polar surface area (TPSA) is 63.4 Å². The Kier molecular flexibility index (Phi) is 3.22. The third-order valence-corrected chi connectivity index (χ3v) is 1.96. The van der Waals surface area contributed by atoms with Crippen molar-refractivity contribution < 1.29 is 18.4 Å². The molecule has 0 bridgehead atoms. The molecule has 0 radical (unpaired) electrons. The van der Waals surface area contributed by atoms with Crippen LogP contribution in [0.3, 0.4) is 0 Å². The van der Waals surface area contributed by atoms with E-state index in [0.717, 1.165) is 4.90 Å². The minimum absolute atomic E-state index is 0.253. The molecule has 0 fully saturated rings. The van der Waals surface area contributed by atoms with Gasteiger partial charge in [0.05, 0.1) is 11.1 Å². The largest absolute Gasteiger partial charge is 0.366 e. The van der Waals surface area contributed by atoms with Crippen LogP contribution in [0.5, 0.6) is 0 Å². The Hall–Kier alpha value is -1.98. The zero-order valence-electron chi connectivity index (χ0n) is 8.75. The van der Waals surface area contributed by atoms with E-state index in [-0.39, 0.29) is 11.1 Å². The van der Waals surface area contributed by atoms with Gasteiger partial charge in [-0.3, -0.25) is 9.59 Å². The van der Waals surface area contributed by atoms with Gasteiger partial charge >= 0.3 is 0 Å². The van der Waals surface area contributed by atoms with Crippen LogP contribution in [0, 0.1) is 11.6 Å². The van der Waals surface area contributed by atoms with Crippen LogP contribution in [-0.2, 0) is 0 Å². The summed E-state index contributed by atoms with van der Waals surface area (Å²) < 4.78 is 25.8. The van der Waals surface area contributed by atoms with E-state index in [2.05, 4.69) is 0 Å². The first kappa shape index (κ1) is 12.1. The summed E-state index contributed by atoms with van der Waals surface area (Å²) in [6, 6.07) is 1.28. The van der Waals surface area contributed by atoms with Crippen LogP contribution >= 0.6 is 0 Å². The zero-order valence-corrected chi connectivity index (χ0v) is 8.75. The minimum Gasteiger partial charge on any atom is -0.366 e. The van der Waals surface area contributed by atoms with Gasteiger partial charge in [0, 0.05) is 14.1 Å². The average Bonchev–Trinajstić information content (AvgIpc) is 2.19. The summed E-state index contributed by atoms with van der Waals surface area (Å²) in [6.45, 7) is 0. The molecule has 1 aromatic carbocycles. The van der Waals surface area contributed by atoms with E-state index >= 15 is 0 Å². The van der Waals surface area contributed by atoms with Crippen molar-refractivity contribution in [2.75, 3.05) is 14.1 Å². The van der Waals surface area contributed by atoms with E-state index < -0.39 is 23.4 Å². The number of carbonyl (C=O) groups is 2. The quantitative estimate of drug-likeness (QED) is 0.812. The SMILES string of the molecule is CN(C)C(=O)c1cc(F)c(F)cc1C(N)=O. The lowest BCUT2D eigenvalue weighted by Gasteiger charge is -2.12. The highest BCUT2D eigenvalue weighted by molar-refractivity contribution is 6.06. The molecule has 6 heteroatoms. The van der Waals surface area contributed by atoms with Crippen molar-refractivity contribution >= 4 is 11.8 Å².